The lowest BCUT2D eigenvalue weighted by molar-refractivity contribution is -0.141. The number of nitrogens with zero attached hydrogens (tertiary/aromatic N) is 2. The van der Waals surface area contributed by atoms with E-state index in [2.05, 4.69) is 5.32 Å². The average Bonchev–Trinajstić information content (AvgIpc) is 2.91. The molecule has 0 spiro atoms. The molecule has 1 atom stereocenters. The highest BCUT2D eigenvalue weighted by atomic mass is 35.5. The first kappa shape index (κ1) is 34.2. The van der Waals surface area contributed by atoms with Gasteiger partial charge in [0.05, 0.1) is 21.2 Å². The minimum atomic E-state index is -4.82. The molecule has 3 aromatic carbocycles. The smallest absolute Gasteiger partial charge is 0.350 e. The van der Waals surface area contributed by atoms with Crippen molar-refractivity contribution in [1.29, 1.82) is 0 Å². The van der Waals surface area contributed by atoms with Gasteiger partial charge in [0.15, 0.2) is 0 Å². The number of rotatable bonds is 10. The van der Waals surface area contributed by atoms with Gasteiger partial charge in [0.1, 0.15) is 12.6 Å². The van der Waals surface area contributed by atoms with E-state index in [4.69, 9.17) is 23.2 Å². The van der Waals surface area contributed by atoms with Gasteiger partial charge in [-0.3, -0.25) is 13.9 Å². The molecule has 0 aliphatic heterocycles. The third-order valence-electron chi connectivity index (χ3n) is 6.33. The van der Waals surface area contributed by atoms with E-state index in [9.17, 15) is 31.2 Å². The summed E-state index contributed by atoms with van der Waals surface area (Å²) in [6.45, 7) is 5.85. The van der Waals surface area contributed by atoms with Gasteiger partial charge < -0.3 is 10.2 Å². The molecule has 3 rings (SSSR count). The summed E-state index contributed by atoms with van der Waals surface area (Å²) < 4.78 is 69.4. The van der Waals surface area contributed by atoms with Gasteiger partial charge in [-0.2, -0.15) is 13.2 Å². The number of carbonyl (C=O) groups excluding carboxylic acids is 2. The monoisotopic (exact) mass is 657 g/mol. The highest BCUT2D eigenvalue weighted by molar-refractivity contribution is 7.92. The Labute approximate surface area is 259 Å². The van der Waals surface area contributed by atoms with Crippen LogP contribution in [0.2, 0.25) is 10.0 Å². The fourth-order valence-electron chi connectivity index (χ4n) is 4.30. The second kappa shape index (κ2) is 13.6. The Balaban J connectivity index is 2.18. The van der Waals surface area contributed by atoms with Gasteiger partial charge in [-0.15, -0.1) is 0 Å². The zero-order valence-corrected chi connectivity index (χ0v) is 26.3. The van der Waals surface area contributed by atoms with Crippen LogP contribution in [0.4, 0.5) is 18.9 Å². The van der Waals surface area contributed by atoms with E-state index < -0.39 is 57.4 Å². The quantitative estimate of drug-likeness (QED) is 0.256. The summed E-state index contributed by atoms with van der Waals surface area (Å²) in [5.41, 5.74) is -1.87. The van der Waals surface area contributed by atoms with Crippen molar-refractivity contribution in [3.8, 4) is 0 Å². The summed E-state index contributed by atoms with van der Waals surface area (Å²) in [5, 5.41) is 2.82. The Morgan fingerprint density at radius 2 is 1.51 bits per heavy atom. The largest absolute Gasteiger partial charge is 0.416 e. The van der Waals surface area contributed by atoms with E-state index in [1.54, 1.807) is 58.0 Å². The molecular weight excluding hydrogens is 626 g/mol. The Kier molecular flexibility index (Phi) is 10.8. The van der Waals surface area contributed by atoms with Crippen molar-refractivity contribution in [2.24, 2.45) is 0 Å². The number of halogens is 5. The molecule has 0 saturated heterocycles. The molecule has 1 N–H and O–H groups in total. The summed E-state index contributed by atoms with van der Waals surface area (Å²) in [4.78, 5) is 28.4. The molecule has 13 heteroatoms. The molecule has 0 unspecified atom stereocenters. The maximum absolute atomic E-state index is 14.1. The van der Waals surface area contributed by atoms with Crippen LogP contribution in [0.25, 0.3) is 0 Å². The van der Waals surface area contributed by atoms with Crippen molar-refractivity contribution >= 4 is 50.7 Å². The van der Waals surface area contributed by atoms with Crippen molar-refractivity contribution in [1.82, 2.24) is 10.2 Å². The summed E-state index contributed by atoms with van der Waals surface area (Å²) in [5.74, 6) is -1.35. The first-order valence-corrected chi connectivity index (χ1v) is 15.4. The van der Waals surface area contributed by atoms with Crippen LogP contribution in [0.1, 0.15) is 45.2 Å². The summed E-state index contributed by atoms with van der Waals surface area (Å²) in [6.07, 6.45) is -4.67. The van der Waals surface area contributed by atoms with Gasteiger partial charge in [0.2, 0.25) is 11.8 Å². The van der Waals surface area contributed by atoms with Crippen LogP contribution in [0, 0.1) is 0 Å². The van der Waals surface area contributed by atoms with Gasteiger partial charge >= 0.3 is 6.18 Å². The van der Waals surface area contributed by atoms with E-state index in [1.807, 2.05) is 0 Å². The first-order chi connectivity index (χ1) is 20.0. The molecule has 43 heavy (non-hydrogen) atoms. The van der Waals surface area contributed by atoms with Crippen LogP contribution in [-0.2, 0) is 32.3 Å². The predicted molar refractivity (Wildman–Crippen MR) is 161 cm³/mol. The maximum Gasteiger partial charge on any atom is 0.416 e. The van der Waals surface area contributed by atoms with Gasteiger partial charge in [0, 0.05) is 17.1 Å². The van der Waals surface area contributed by atoms with Gasteiger partial charge in [0.25, 0.3) is 10.0 Å². The molecule has 232 valence electrons. The molecule has 0 fully saturated rings. The van der Waals surface area contributed by atoms with Gasteiger partial charge in [-0.05, 0) is 69.2 Å². The van der Waals surface area contributed by atoms with Crippen molar-refractivity contribution in [2.45, 2.75) is 63.3 Å². The van der Waals surface area contributed by atoms with E-state index in [1.165, 1.54) is 29.2 Å². The lowest BCUT2D eigenvalue weighted by atomic mass is 10.1. The first-order valence-electron chi connectivity index (χ1n) is 13.2. The number of hydrogen-bond acceptors (Lipinski definition) is 4. The summed E-state index contributed by atoms with van der Waals surface area (Å²) in [6, 6.07) is 14.7. The molecule has 0 aromatic heterocycles. The molecule has 2 amide bonds. The molecular formula is C30H32Cl2F3N3O4S. The molecule has 0 radical (unpaired) electrons. The van der Waals surface area contributed by atoms with Crippen LogP contribution in [0.5, 0.6) is 0 Å². The van der Waals surface area contributed by atoms with Crippen molar-refractivity contribution in [2.75, 3.05) is 10.8 Å². The second-order valence-electron chi connectivity index (χ2n) is 10.8. The molecule has 0 aliphatic carbocycles. The second-order valence-corrected chi connectivity index (χ2v) is 13.4. The standard InChI is InChI=1S/C30H32Cl2F3N3O4S/c1-5-25(28(40)36-29(2,3)4)37(18-20-11-9-10-14-23(20)31)27(39)19-38(43(41,42)22-12-7-6-8-13-22)26-17-21(30(33,34)35)15-16-24(26)32/h6-17,25H,5,18-19H2,1-4H3,(H,36,40)/t25-/m1/s1. The van der Waals surface area contributed by atoms with Crippen LogP contribution >= 0.6 is 23.2 Å². The minimum Gasteiger partial charge on any atom is -0.350 e. The highest BCUT2D eigenvalue weighted by Gasteiger charge is 2.37. The van der Waals surface area contributed by atoms with Crippen LogP contribution in [0.15, 0.2) is 77.7 Å². The SMILES string of the molecule is CC[C@H](C(=O)NC(C)(C)C)N(Cc1ccccc1Cl)C(=O)CN(c1cc(C(F)(F)F)ccc1Cl)S(=O)(=O)c1ccccc1. The average molecular weight is 659 g/mol. The Morgan fingerprint density at radius 1 is 0.907 bits per heavy atom. The zero-order chi connectivity index (χ0) is 32.2. The Hall–Kier alpha value is -3.28. The zero-order valence-electron chi connectivity index (χ0n) is 24.0. The fraction of sp³-hybridized carbons (Fsp3) is 0.333. The summed E-state index contributed by atoms with van der Waals surface area (Å²) >= 11 is 12.7. The van der Waals surface area contributed by atoms with Crippen molar-refractivity contribution < 1.29 is 31.2 Å². The van der Waals surface area contributed by atoms with Crippen LogP contribution in [-0.4, -0.2) is 43.3 Å². The molecule has 7 nitrogen and oxygen atoms in total. The normalized spacial score (nSPS) is 12.9. The Bertz CT molecular complexity index is 1560. The van der Waals surface area contributed by atoms with Crippen molar-refractivity contribution in [3.63, 3.8) is 0 Å². The molecule has 0 saturated carbocycles. The van der Waals surface area contributed by atoms with Crippen LogP contribution in [0.3, 0.4) is 0 Å². The molecule has 0 aliphatic rings. The maximum atomic E-state index is 14.1. The lowest BCUT2D eigenvalue weighted by Gasteiger charge is -2.35. The van der Waals surface area contributed by atoms with Gasteiger partial charge in [-0.25, -0.2) is 8.42 Å². The summed E-state index contributed by atoms with van der Waals surface area (Å²) in [7, 11) is -4.62. The van der Waals surface area contributed by atoms with Gasteiger partial charge in [-0.1, -0.05) is 66.5 Å². The number of nitrogens with one attached hydrogen (secondary N) is 1. The fourth-order valence-corrected chi connectivity index (χ4v) is 6.21. The number of anilines is 1. The molecule has 0 bridgehead atoms. The minimum absolute atomic E-state index is 0.147. The third kappa shape index (κ3) is 8.64. The number of alkyl halides is 3. The van der Waals surface area contributed by atoms with Crippen molar-refractivity contribution in [3.05, 3.63) is 94.0 Å². The van der Waals surface area contributed by atoms with E-state index in [0.717, 1.165) is 6.07 Å². The Morgan fingerprint density at radius 3 is 2.07 bits per heavy atom. The third-order valence-corrected chi connectivity index (χ3v) is 8.80. The molecule has 3 aromatic rings. The highest BCUT2D eigenvalue weighted by Crippen LogP contribution is 2.37. The topological polar surface area (TPSA) is 86.8 Å². The van der Waals surface area contributed by atoms with E-state index >= 15 is 0 Å². The number of sulfonamides is 1. The van der Waals surface area contributed by atoms with E-state index in [0.29, 0.717) is 27.0 Å². The van der Waals surface area contributed by atoms with Crippen LogP contribution < -0.4 is 9.62 Å². The number of amides is 2. The number of benzene rings is 3. The van der Waals surface area contributed by atoms with E-state index in [-0.39, 0.29) is 22.9 Å². The predicted octanol–water partition coefficient (Wildman–Crippen LogP) is 6.93. The number of carbonyl (C=O) groups is 2. The lowest BCUT2D eigenvalue weighted by Crippen LogP contribution is -2.55. The molecule has 0 heterocycles. The number of hydrogen-bond donors (Lipinski definition) is 1.